The summed E-state index contributed by atoms with van der Waals surface area (Å²) >= 11 is 6.86. The zero-order chi connectivity index (χ0) is 18.8. The summed E-state index contributed by atoms with van der Waals surface area (Å²) in [6.45, 7) is 2.47. The highest BCUT2D eigenvalue weighted by molar-refractivity contribution is 7.20. The van der Waals surface area contributed by atoms with E-state index in [1.807, 2.05) is 0 Å². The van der Waals surface area contributed by atoms with Crippen LogP contribution in [0.4, 0.5) is 10.1 Å². The molecule has 0 aliphatic heterocycles. The standard InChI is InChI=1S/C17H15ClFN3O3S/c1-9-13-16(20-8-22(17(13)24)5-6-25-2)26-14(9)15(23)21-10-3-4-12(19)11(18)7-10/h3-4,7-8H,5-6H2,1-2H3,(H,21,23). The van der Waals surface area contributed by atoms with Gasteiger partial charge in [0.2, 0.25) is 0 Å². The quantitative estimate of drug-likeness (QED) is 0.718. The Morgan fingerprint density at radius 1 is 1.46 bits per heavy atom. The van der Waals surface area contributed by atoms with Crippen molar-refractivity contribution >= 4 is 44.7 Å². The maximum Gasteiger partial charge on any atom is 0.266 e. The lowest BCUT2D eigenvalue weighted by Crippen LogP contribution is -2.22. The van der Waals surface area contributed by atoms with Crippen molar-refractivity contribution < 1.29 is 13.9 Å². The maximum atomic E-state index is 13.2. The van der Waals surface area contributed by atoms with Gasteiger partial charge in [0.1, 0.15) is 10.6 Å². The van der Waals surface area contributed by atoms with Crippen LogP contribution < -0.4 is 10.9 Å². The van der Waals surface area contributed by atoms with E-state index in [-0.39, 0.29) is 10.6 Å². The molecule has 0 unspecified atom stereocenters. The Kier molecular flexibility index (Phi) is 5.36. The predicted octanol–water partition coefficient (Wildman–Crippen LogP) is 3.46. The topological polar surface area (TPSA) is 73.2 Å². The van der Waals surface area contributed by atoms with Gasteiger partial charge >= 0.3 is 0 Å². The van der Waals surface area contributed by atoms with Gasteiger partial charge in [-0.05, 0) is 30.7 Å². The summed E-state index contributed by atoms with van der Waals surface area (Å²) < 4.78 is 19.7. The first-order valence-corrected chi connectivity index (χ1v) is 8.85. The van der Waals surface area contributed by atoms with Gasteiger partial charge < -0.3 is 10.1 Å². The second-order valence-electron chi connectivity index (χ2n) is 5.56. The molecule has 0 radical (unpaired) electrons. The van der Waals surface area contributed by atoms with Crippen molar-refractivity contribution in [1.29, 1.82) is 0 Å². The number of anilines is 1. The van der Waals surface area contributed by atoms with Crippen LogP contribution in [0.5, 0.6) is 0 Å². The molecule has 3 aromatic rings. The molecule has 0 aliphatic carbocycles. The molecule has 2 aromatic heterocycles. The lowest BCUT2D eigenvalue weighted by atomic mass is 10.2. The molecule has 0 spiro atoms. The molecule has 3 rings (SSSR count). The second-order valence-corrected chi connectivity index (χ2v) is 6.96. The SMILES string of the molecule is COCCn1cnc2sc(C(=O)Nc3ccc(F)c(Cl)c3)c(C)c2c1=O. The summed E-state index contributed by atoms with van der Waals surface area (Å²) in [6.07, 6.45) is 1.45. The van der Waals surface area contributed by atoms with E-state index in [0.29, 0.717) is 39.5 Å². The largest absolute Gasteiger partial charge is 0.383 e. The molecule has 0 fully saturated rings. The number of thiophene rings is 1. The number of aryl methyl sites for hydroxylation is 1. The van der Waals surface area contributed by atoms with E-state index in [9.17, 15) is 14.0 Å². The number of ether oxygens (including phenoxy) is 1. The number of amides is 1. The van der Waals surface area contributed by atoms with E-state index >= 15 is 0 Å². The Balaban J connectivity index is 1.95. The minimum absolute atomic E-state index is 0.0847. The van der Waals surface area contributed by atoms with Gasteiger partial charge in [-0.3, -0.25) is 14.2 Å². The number of nitrogens with one attached hydrogen (secondary N) is 1. The van der Waals surface area contributed by atoms with Crippen molar-refractivity contribution in [3.8, 4) is 0 Å². The number of halogens is 2. The molecule has 0 saturated heterocycles. The van der Waals surface area contributed by atoms with Gasteiger partial charge in [-0.15, -0.1) is 11.3 Å². The average Bonchev–Trinajstić information content (AvgIpc) is 2.95. The molecule has 136 valence electrons. The fraction of sp³-hybridized carbons (Fsp3) is 0.235. The number of hydrogen-bond donors (Lipinski definition) is 1. The number of carbonyl (C=O) groups is 1. The first-order valence-electron chi connectivity index (χ1n) is 7.66. The summed E-state index contributed by atoms with van der Waals surface area (Å²) in [7, 11) is 1.55. The van der Waals surface area contributed by atoms with E-state index in [1.54, 1.807) is 14.0 Å². The molecular formula is C17H15ClFN3O3S. The van der Waals surface area contributed by atoms with Gasteiger partial charge in [-0.1, -0.05) is 11.6 Å². The van der Waals surface area contributed by atoms with E-state index in [1.165, 1.54) is 29.1 Å². The van der Waals surface area contributed by atoms with Gasteiger partial charge in [0.25, 0.3) is 11.5 Å². The number of fused-ring (bicyclic) bond motifs is 1. The summed E-state index contributed by atoms with van der Waals surface area (Å²) in [5.41, 5.74) is 0.702. The van der Waals surface area contributed by atoms with Crippen molar-refractivity contribution in [2.24, 2.45) is 0 Å². The smallest absolute Gasteiger partial charge is 0.266 e. The Morgan fingerprint density at radius 2 is 2.23 bits per heavy atom. The van der Waals surface area contributed by atoms with Crippen molar-refractivity contribution in [1.82, 2.24) is 9.55 Å². The van der Waals surface area contributed by atoms with Crippen LogP contribution in [0, 0.1) is 12.7 Å². The van der Waals surface area contributed by atoms with Gasteiger partial charge in [0, 0.05) is 12.8 Å². The number of aromatic nitrogens is 2. The van der Waals surface area contributed by atoms with Gasteiger partial charge in [0.15, 0.2) is 0 Å². The Labute approximate surface area is 157 Å². The summed E-state index contributed by atoms with van der Waals surface area (Å²) in [4.78, 5) is 30.3. The molecule has 1 N–H and O–H groups in total. The maximum absolute atomic E-state index is 13.2. The van der Waals surface area contributed by atoms with Crippen LogP contribution in [0.15, 0.2) is 29.3 Å². The molecule has 26 heavy (non-hydrogen) atoms. The van der Waals surface area contributed by atoms with E-state index < -0.39 is 11.7 Å². The lowest BCUT2D eigenvalue weighted by molar-refractivity contribution is 0.103. The fourth-order valence-electron chi connectivity index (χ4n) is 2.49. The first-order chi connectivity index (χ1) is 12.4. The predicted molar refractivity (Wildman–Crippen MR) is 99.9 cm³/mol. The Hall–Kier alpha value is -2.29. The molecule has 9 heteroatoms. The molecule has 0 atom stereocenters. The van der Waals surface area contributed by atoms with E-state index in [2.05, 4.69) is 10.3 Å². The minimum atomic E-state index is -0.566. The van der Waals surface area contributed by atoms with Crippen LogP contribution in [0.1, 0.15) is 15.2 Å². The van der Waals surface area contributed by atoms with Crippen LogP contribution in [0.25, 0.3) is 10.2 Å². The normalized spacial score (nSPS) is 11.1. The highest BCUT2D eigenvalue weighted by Gasteiger charge is 2.19. The van der Waals surface area contributed by atoms with Crippen molar-refractivity contribution in [3.63, 3.8) is 0 Å². The van der Waals surface area contributed by atoms with Crippen molar-refractivity contribution in [2.45, 2.75) is 13.5 Å². The third-order valence-electron chi connectivity index (χ3n) is 3.84. The molecule has 1 amide bonds. The molecule has 6 nitrogen and oxygen atoms in total. The minimum Gasteiger partial charge on any atom is -0.383 e. The van der Waals surface area contributed by atoms with Gasteiger partial charge in [0.05, 0.1) is 34.8 Å². The van der Waals surface area contributed by atoms with Crippen molar-refractivity contribution in [3.05, 3.63) is 56.2 Å². The Morgan fingerprint density at radius 3 is 2.92 bits per heavy atom. The van der Waals surface area contributed by atoms with Crippen LogP contribution in [-0.4, -0.2) is 29.2 Å². The first kappa shape index (κ1) is 18.5. The van der Waals surface area contributed by atoms with Crippen molar-refractivity contribution in [2.75, 3.05) is 19.0 Å². The van der Waals surface area contributed by atoms with E-state index in [0.717, 1.165) is 11.3 Å². The molecule has 2 heterocycles. The number of carbonyl (C=O) groups excluding carboxylic acids is 1. The van der Waals surface area contributed by atoms with Gasteiger partial charge in [-0.2, -0.15) is 0 Å². The zero-order valence-corrected chi connectivity index (χ0v) is 15.6. The average molecular weight is 396 g/mol. The highest BCUT2D eigenvalue weighted by atomic mass is 35.5. The number of hydrogen-bond acceptors (Lipinski definition) is 5. The van der Waals surface area contributed by atoms with Crippen LogP contribution in [0.2, 0.25) is 5.02 Å². The number of nitrogens with zero attached hydrogens (tertiary/aromatic N) is 2. The monoisotopic (exact) mass is 395 g/mol. The zero-order valence-electron chi connectivity index (χ0n) is 14.0. The second kappa shape index (κ2) is 7.53. The molecular weight excluding hydrogens is 381 g/mol. The van der Waals surface area contributed by atoms with Gasteiger partial charge in [-0.25, -0.2) is 9.37 Å². The highest BCUT2D eigenvalue weighted by Crippen LogP contribution is 2.28. The Bertz CT molecular complexity index is 1050. The molecule has 0 bridgehead atoms. The number of rotatable bonds is 5. The fourth-order valence-corrected chi connectivity index (χ4v) is 3.70. The lowest BCUT2D eigenvalue weighted by Gasteiger charge is -2.05. The van der Waals surface area contributed by atoms with Crippen LogP contribution in [-0.2, 0) is 11.3 Å². The summed E-state index contributed by atoms with van der Waals surface area (Å²) in [6, 6.07) is 3.91. The molecule has 0 saturated carbocycles. The number of benzene rings is 1. The molecule has 0 aliphatic rings. The molecule has 1 aromatic carbocycles. The van der Waals surface area contributed by atoms with Crippen LogP contribution >= 0.6 is 22.9 Å². The third kappa shape index (κ3) is 3.48. The summed E-state index contributed by atoms with van der Waals surface area (Å²) in [5, 5.41) is 2.99. The summed E-state index contributed by atoms with van der Waals surface area (Å²) in [5.74, 6) is -0.973. The number of methoxy groups -OCH3 is 1. The van der Waals surface area contributed by atoms with E-state index in [4.69, 9.17) is 16.3 Å². The van der Waals surface area contributed by atoms with Crippen LogP contribution in [0.3, 0.4) is 0 Å². The third-order valence-corrected chi connectivity index (χ3v) is 5.33.